The van der Waals surface area contributed by atoms with Crippen LogP contribution in [-0.4, -0.2) is 96.0 Å². The number of likely N-dealkylation sites (N-methyl/N-ethyl adjacent to an activating group) is 1. The maximum Gasteiger partial charge on any atom is 0.162 e. The maximum absolute atomic E-state index is 5.59. The number of hydrogen-bond donors (Lipinski definition) is 1. The van der Waals surface area contributed by atoms with Gasteiger partial charge in [0, 0.05) is 50.2 Å². The number of nitrogens with zero attached hydrogens (tertiary/aromatic N) is 6. The molecule has 0 spiro atoms. The Bertz CT molecular complexity index is 1370. The molecule has 4 aromatic rings. The Balaban J connectivity index is 1.37. The second-order valence-electron chi connectivity index (χ2n) is 8.81. The molecule has 1 N–H and O–H groups in total. The van der Waals surface area contributed by atoms with Crippen LogP contribution >= 0.6 is 11.3 Å². The minimum atomic E-state index is 0.710. The molecule has 1 aromatic carbocycles. The molecule has 6 rings (SSSR count). The van der Waals surface area contributed by atoms with Crippen molar-refractivity contribution in [2.24, 2.45) is 0 Å². The Morgan fingerprint density at radius 1 is 1.09 bits per heavy atom. The number of aromatic nitrogens is 4. The van der Waals surface area contributed by atoms with Gasteiger partial charge in [0.2, 0.25) is 0 Å². The third kappa shape index (κ3) is 4.26. The van der Waals surface area contributed by atoms with E-state index < -0.39 is 0 Å². The van der Waals surface area contributed by atoms with Gasteiger partial charge < -0.3 is 14.5 Å². The summed E-state index contributed by atoms with van der Waals surface area (Å²) in [6.07, 6.45) is 1.84. The lowest BCUT2D eigenvalue weighted by Gasteiger charge is -2.30. The van der Waals surface area contributed by atoms with Crippen LogP contribution in [0.4, 0.5) is 5.82 Å². The number of hydrogen-bond acceptors (Lipinski definition) is 8. The zero-order valence-electron chi connectivity index (χ0n) is 19.3. The number of nitrogens with one attached hydrogen (secondary N) is 1. The molecule has 3 aromatic heterocycles. The minimum absolute atomic E-state index is 0.710. The van der Waals surface area contributed by atoms with Gasteiger partial charge in [-0.2, -0.15) is 5.10 Å². The molecule has 0 unspecified atom stereocenters. The van der Waals surface area contributed by atoms with Crippen LogP contribution in [0.25, 0.3) is 32.5 Å². The molecule has 2 saturated heterocycles. The standard InChI is InChI=1S/C25H27N7OS/c1-30-8-10-31(11-9-30)7-3-4-18-16-22-23(34-18)25(32-12-14-33-15-13-32)28-24(27-22)19-5-2-6-21-20(19)17-26-29-21/h2,5-6,16-17H,7-15H2,1H3,(H,26,29). The maximum atomic E-state index is 5.59. The first-order chi connectivity index (χ1) is 16.7. The molecule has 2 aliphatic heterocycles. The van der Waals surface area contributed by atoms with Crippen molar-refractivity contribution in [3.05, 3.63) is 35.3 Å². The summed E-state index contributed by atoms with van der Waals surface area (Å²) < 4.78 is 6.69. The number of thiophene rings is 1. The number of aromatic amines is 1. The molecule has 0 saturated carbocycles. The van der Waals surface area contributed by atoms with Crippen LogP contribution in [-0.2, 0) is 4.74 Å². The average molecular weight is 474 g/mol. The third-order valence-electron chi connectivity index (χ3n) is 6.50. The van der Waals surface area contributed by atoms with E-state index >= 15 is 0 Å². The van der Waals surface area contributed by atoms with Crippen LogP contribution in [0.5, 0.6) is 0 Å². The summed E-state index contributed by atoms with van der Waals surface area (Å²) in [5.41, 5.74) is 2.91. The zero-order chi connectivity index (χ0) is 22.9. The van der Waals surface area contributed by atoms with E-state index in [0.29, 0.717) is 13.2 Å². The van der Waals surface area contributed by atoms with Gasteiger partial charge in [0.1, 0.15) is 0 Å². The first-order valence-electron chi connectivity index (χ1n) is 11.7. The highest BCUT2D eigenvalue weighted by Gasteiger charge is 2.21. The van der Waals surface area contributed by atoms with Crippen molar-refractivity contribution in [3.63, 3.8) is 0 Å². The molecule has 2 aliphatic rings. The second-order valence-corrected chi connectivity index (χ2v) is 9.87. The molecule has 0 aliphatic carbocycles. The Hall–Kier alpha value is -3.03. The van der Waals surface area contributed by atoms with Crippen molar-refractivity contribution in [2.75, 3.05) is 71.0 Å². The minimum Gasteiger partial charge on any atom is -0.378 e. The largest absolute Gasteiger partial charge is 0.378 e. The van der Waals surface area contributed by atoms with Crippen LogP contribution in [0.15, 0.2) is 30.5 Å². The number of morpholine rings is 1. The Morgan fingerprint density at radius 2 is 1.94 bits per heavy atom. The number of H-pyrrole nitrogens is 1. The van der Waals surface area contributed by atoms with E-state index in [-0.39, 0.29) is 0 Å². The summed E-state index contributed by atoms with van der Waals surface area (Å²) in [4.78, 5) is 18.2. The zero-order valence-corrected chi connectivity index (χ0v) is 20.1. The molecule has 174 valence electrons. The van der Waals surface area contributed by atoms with Crippen LogP contribution in [0, 0.1) is 11.8 Å². The van der Waals surface area contributed by atoms with Gasteiger partial charge in [0.05, 0.1) is 46.6 Å². The molecule has 0 radical (unpaired) electrons. The Labute approximate surface area is 202 Å². The van der Waals surface area contributed by atoms with Crippen molar-refractivity contribution in [3.8, 4) is 23.2 Å². The van der Waals surface area contributed by atoms with Gasteiger partial charge in [-0.15, -0.1) is 11.3 Å². The SMILES string of the molecule is CN1CCN(CC#Cc2cc3nc(-c4cccc5[nH]ncc45)nc(N4CCOCC4)c3s2)CC1. The highest BCUT2D eigenvalue weighted by atomic mass is 32.1. The molecule has 9 heteroatoms. The lowest BCUT2D eigenvalue weighted by molar-refractivity contribution is 0.122. The lowest BCUT2D eigenvalue weighted by Crippen LogP contribution is -2.44. The molecule has 8 nitrogen and oxygen atoms in total. The highest BCUT2D eigenvalue weighted by Crippen LogP contribution is 2.35. The summed E-state index contributed by atoms with van der Waals surface area (Å²) in [5, 5.41) is 8.28. The van der Waals surface area contributed by atoms with Crippen molar-refractivity contribution < 1.29 is 4.74 Å². The normalized spacial score (nSPS) is 17.9. The Kier molecular flexibility index (Phi) is 5.89. The quantitative estimate of drug-likeness (QED) is 0.459. The first-order valence-corrected chi connectivity index (χ1v) is 12.5. The van der Waals surface area contributed by atoms with Gasteiger partial charge in [-0.3, -0.25) is 10.00 Å². The molecule has 0 bridgehead atoms. The number of rotatable bonds is 3. The van der Waals surface area contributed by atoms with E-state index in [1.165, 1.54) is 0 Å². The summed E-state index contributed by atoms with van der Waals surface area (Å²) >= 11 is 1.69. The van der Waals surface area contributed by atoms with Gasteiger partial charge in [0.25, 0.3) is 0 Å². The lowest BCUT2D eigenvalue weighted by atomic mass is 10.1. The predicted molar refractivity (Wildman–Crippen MR) is 136 cm³/mol. The number of anilines is 1. The first kappa shape index (κ1) is 21.5. The van der Waals surface area contributed by atoms with Crippen LogP contribution in [0.1, 0.15) is 4.88 Å². The van der Waals surface area contributed by atoms with E-state index in [1.54, 1.807) is 11.3 Å². The van der Waals surface area contributed by atoms with Gasteiger partial charge in [-0.05, 0) is 19.2 Å². The molecule has 34 heavy (non-hydrogen) atoms. The van der Waals surface area contributed by atoms with Gasteiger partial charge in [0.15, 0.2) is 11.6 Å². The predicted octanol–water partition coefficient (Wildman–Crippen LogP) is 2.67. The van der Waals surface area contributed by atoms with Crippen molar-refractivity contribution in [1.29, 1.82) is 0 Å². The van der Waals surface area contributed by atoms with Gasteiger partial charge in [-0.25, -0.2) is 9.97 Å². The summed E-state index contributed by atoms with van der Waals surface area (Å²) in [5.74, 6) is 8.47. The van der Waals surface area contributed by atoms with Gasteiger partial charge in [-0.1, -0.05) is 24.0 Å². The van der Waals surface area contributed by atoms with Crippen LogP contribution in [0.3, 0.4) is 0 Å². The summed E-state index contributed by atoms with van der Waals surface area (Å²) in [6, 6.07) is 8.21. The van der Waals surface area contributed by atoms with Crippen LogP contribution in [0.2, 0.25) is 0 Å². The topological polar surface area (TPSA) is 73.4 Å². The summed E-state index contributed by atoms with van der Waals surface area (Å²) in [6.45, 7) is 8.23. The van der Waals surface area contributed by atoms with E-state index in [9.17, 15) is 0 Å². The fourth-order valence-electron chi connectivity index (χ4n) is 4.49. The molecule has 0 amide bonds. The van der Waals surface area contributed by atoms with Crippen molar-refractivity contribution >= 4 is 38.3 Å². The van der Waals surface area contributed by atoms with Crippen molar-refractivity contribution in [1.82, 2.24) is 30.0 Å². The second kappa shape index (κ2) is 9.31. The average Bonchev–Trinajstić information content (AvgIpc) is 3.52. The molecular weight excluding hydrogens is 446 g/mol. The molecular formula is C25H27N7OS. The van der Waals surface area contributed by atoms with E-state index in [4.69, 9.17) is 14.7 Å². The number of fused-ring (bicyclic) bond motifs is 2. The van der Waals surface area contributed by atoms with E-state index in [0.717, 1.165) is 89.0 Å². The smallest absolute Gasteiger partial charge is 0.162 e. The van der Waals surface area contributed by atoms with Gasteiger partial charge >= 0.3 is 0 Å². The molecule has 5 heterocycles. The highest BCUT2D eigenvalue weighted by molar-refractivity contribution is 7.20. The molecule has 2 fully saturated rings. The van der Waals surface area contributed by atoms with Crippen molar-refractivity contribution in [2.45, 2.75) is 0 Å². The monoisotopic (exact) mass is 473 g/mol. The third-order valence-corrected chi connectivity index (χ3v) is 7.54. The number of benzene rings is 1. The van der Waals surface area contributed by atoms with E-state index in [1.807, 2.05) is 18.3 Å². The number of ether oxygens (including phenoxy) is 1. The Morgan fingerprint density at radius 3 is 2.79 bits per heavy atom. The summed E-state index contributed by atoms with van der Waals surface area (Å²) in [7, 11) is 2.18. The fourth-order valence-corrected chi connectivity index (χ4v) is 5.48. The van der Waals surface area contributed by atoms with E-state index in [2.05, 4.69) is 55.9 Å². The molecule has 0 atom stereocenters. The fraction of sp³-hybridized carbons (Fsp3) is 0.400. The van der Waals surface area contributed by atoms with Crippen LogP contribution < -0.4 is 4.90 Å². The number of piperazine rings is 1.